The average molecular weight is 612 g/mol. The van der Waals surface area contributed by atoms with Crippen molar-refractivity contribution in [3.05, 3.63) is 71.5 Å². The van der Waals surface area contributed by atoms with Crippen molar-refractivity contribution >= 4 is 29.2 Å². The van der Waals surface area contributed by atoms with E-state index in [2.05, 4.69) is 20.4 Å². The Morgan fingerprint density at radius 3 is 2.12 bits per heavy atom. The Balaban J connectivity index is 1.92. The SMILES string of the molecule is Cc1cc(-c2cccc(C(=O)CC(=O)Nc3cc(C(F)(F)F)c(OCC(F)(F)F)cc3NC(=O)OC(C)(C)C)c2)ccn1. The minimum absolute atomic E-state index is 0.140. The van der Waals surface area contributed by atoms with Crippen molar-refractivity contribution in [2.75, 3.05) is 17.2 Å². The van der Waals surface area contributed by atoms with Crippen molar-refractivity contribution in [2.45, 2.75) is 52.1 Å². The van der Waals surface area contributed by atoms with E-state index in [0.717, 1.165) is 11.3 Å². The Hall–Kier alpha value is -4.62. The fraction of sp³-hybridized carbons (Fsp3) is 0.310. The zero-order chi connectivity index (χ0) is 32.2. The van der Waals surface area contributed by atoms with Gasteiger partial charge in [-0.1, -0.05) is 18.2 Å². The van der Waals surface area contributed by atoms with Gasteiger partial charge in [-0.15, -0.1) is 0 Å². The highest BCUT2D eigenvalue weighted by Gasteiger charge is 2.38. The van der Waals surface area contributed by atoms with E-state index in [4.69, 9.17) is 4.74 Å². The number of halogens is 6. The lowest BCUT2D eigenvalue weighted by Gasteiger charge is -2.22. The maximum atomic E-state index is 13.8. The summed E-state index contributed by atoms with van der Waals surface area (Å²) in [5.41, 5.74) is -1.63. The summed E-state index contributed by atoms with van der Waals surface area (Å²) in [7, 11) is 0. The lowest BCUT2D eigenvalue weighted by molar-refractivity contribution is -0.158. The smallest absolute Gasteiger partial charge is 0.422 e. The third-order valence-electron chi connectivity index (χ3n) is 5.46. The monoisotopic (exact) mass is 611 g/mol. The molecular weight excluding hydrogens is 584 g/mol. The number of pyridine rings is 1. The molecule has 0 saturated carbocycles. The number of anilines is 2. The minimum Gasteiger partial charge on any atom is -0.483 e. The van der Waals surface area contributed by atoms with Gasteiger partial charge in [0.15, 0.2) is 12.4 Å². The van der Waals surface area contributed by atoms with Crippen LogP contribution in [0.3, 0.4) is 0 Å². The molecule has 230 valence electrons. The molecular formula is C29H27F6N3O5. The summed E-state index contributed by atoms with van der Waals surface area (Å²) in [6, 6.07) is 10.6. The van der Waals surface area contributed by atoms with Gasteiger partial charge >= 0.3 is 18.4 Å². The minimum atomic E-state index is -5.22. The number of rotatable bonds is 8. The summed E-state index contributed by atoms with van der Waals surface area (Å²) in [4.78, 5) is 42.2. The van der Waals surface area contributed by atoms with Gasteiger partial charge in [0, 0.05) is 23.5 Å². The van der Waals surface area contributed by atoms with Crippen LogP contribution in [0.1, 0.15) is 48.8 Å². The highest BCUT2D eigenvalue weighted by atomic mass is 19.4. The zero-order valence-corrected chi connectivity index (χ0v) is 23.4. The van der Waals surface area contributed by atoms with Crippen LogP contribution in [0.4, 0.5) is 42.5 Å². The molecule has 0 aliphatic heterocycles. The predicted octanol–water partition coefficient (Wildman–Crippen LogP) is 7.58. The summed E-state index contributed by atoms with van der Waals surface area (Å²) >= 11 is 0. The van der Waals surface area contributed by atoms with Crippen LogP contribution < -0.4 is 15.4 Å². The molecule has 0 atom stereocenters. The Kier molecular flexibility index (Phi) is 9.72. The van der Waals surface area contributed by atoms with E-state index in [9.17, 15) is 40.7 Å². The number of nitrogens with zero attached hydrogens (tertiary/aromatic N) is 1. The molecule has 0 bridgehead atoms. The van der Waals surface area contributed by atoms with Crippen molar-refractivity contribution < 1.29 is 50.2 Å². The molecule has 2 amide bonds. The van der Waals surface area contributed by atoms with Gasteiger partial charge in [0.25, 0.3) is 0 Å². The average Bonchev–Trinajstić information content (AvgIpc) is 2.86. The van der Waals surface area contributed by atoms with Gasteiger partial charge in [0.2, 0.25) is 5.91 Å². The summed E-state index contributed by atoms with van der Waals surface area (Å²) < 4.78 is 89.0. The molecule has 0 spiro atoms. The van der Waals surface area contributed by atoms with Crippen LogP contribution in [0.2, 0.25) is 0 Å². The van der Waals surface area contributed by atoms with Crippen molar-refractivity contribution in [1.29, 1.82) is 0 Å². The number of ether oxygens (including phenoxy) is 2. The summed E-state index contributed by atoms with van der Waals surface area (Å²) in [6.07, 6.45) is -10.6. The van der Waals surface area contributed by atoms with Crippen LogP contribution in [0.25, 0.3) is 11.1 Å². The number of ketones is 1. The van der Waals surface area contributed by atoms with E-state index >= 15 is 0 Å². The topological polar surface area (TPSA) is 107 Å². The van der Waals surface area contributed by atoms with Crippen LogP contribution in [0.5, 0.6) is 5.75 Å². The number of hydrogen-bond donors (Lipinski definition) is 2. The van der Waals surface area contributed by atoms with E-state index in [0.29, 0.717) is 17.7 Å². The third-order valence-corrected chi connectivity index (χ3v) is 5.46. The Bertz CT molecular complexity index is 1510. The molecule has 0 unspecified atom stereocenters. The molecule has 3 aromatic rings. The van der Waals surface area contributed by atoms with Crippen LogP contribution in [-0.2, 0) is 15.7 Å². The largest absolute Gasteiger partial charge is 0.483 e. The van der Waals surface area contributed by atoms with E-state index in [-0.39, 0.29) is 5.56 Å². The van der Waals surface area contributed by atoms with Gasteiger partial charge in [-0.2, -0.15) is 26.3 Å². The number of carbonyl (C=O) groups excluding carboxylic acids is 3. The molecule has 8 nitrogen and oxygen atoms in total. The Labute approximate surface area is 242 Å². The number of Topliss-reactive ketones (excluding diaryl/α,β-unsaturated/α-hetero) is 1. The van der Waals surface area contributed by atoms with Gasteiger partial charge < -0.3 is 14.8 Å². The molecule has 0 fully saturated rings. The van der Waals surface area contributed by atoms with E-state index < -0.39 is 71.5 Å². The summed E-state index contributed by atoms with van der Waals surface area (Å²) in [5, 5.41) is 4.24. The van der Waals surface area contributed by atoms with Crippen molar-refractivity contribution in [1.82, 2.24) is 4.98 Å². The molecule has 0 radical (unpaired) electrons. The second-order valence-electron chi connectivity index (χ2n) is 10.3. The lowest BCUT2D eigenvalue weighted by Crippen LogP contribution is -2.28. The van der Waals surface area contributed by atoms with Crippen LogP contribution in [-0.4, -0.2) is 41.2 Å². The molecule has 2 aromatic carbocycles. The number of aryl methyl sites for hydroxylation is 1. The number of amides is 2. The predicted molar refractivity (Wildman–Crippen MR) is 145 cm³/mol. The maximum absolute atomic E-state index is 13.8. The van der Waals surface area contributed by atoms with E-state index in [1.54, 1.807) is 37.4 Å². The normalized spacial score (nSPS) is 12.0. The summed E-state index contributed by atoms with van der Waals surface area (Å²) in [6.45, 7) is 4.22. The first-order valence-electron chi connectivity index (χ1n) is 12.6. The molecule has 2 N–H and O–H groups in total. The standard InChI is InChI=1S/C29H27F6N3O5/c1-16-10-18(8-9-36-16)17-6-5-7-19(11-17)23(39)14-25(40)37-21-12-20(29(33,34)35)24(42-15-28(30,31)32)13-22(21)38-26(41)43-27(2,3)4/h5-13H,14-15H2,1-4H3,(H,37,40)(H,38,41). The van der Waals surface area contributed by atoms with Crippen LogP contribution in [0.15, 0.2) is 54.7 Å². The highest BCUT2D eigenvalue weighted by Crippen LogP contribution is 2.42. The van der Waals surface area contributed by atoms with Crippen LogP contribution in [0, 0.1) is 6.92 Å². The number of alkyl halides is 6. The first-order chi connectivity index (χ1) is 19.8. The zero-order valence-electron chi connectivity index (χ0n) is 23.4. The van der Waals surface area contributed by atoms with Gasteiger partial charge in [0.05, 0.1) is 23.4 Å². The highest BCUT2D eigenvalue weighted by molar-refractivity contribution is 6.12. The molecule has 0 aliphatic rings. The van der Waals surface area contributed by atoms with Gasteiger partial charge in [0.1, 0.15) is 11.4 Å². The number of hydrogen-bond acceptors (Lipinski definition) is 6. The lowest BCUT2D eigenvalue weighted by atomic mass is 10.0. The van der Waals surface area contributed by atoms with E-state index in [1.807, 2.05) is 0 Å². The van der Waals surface area contributed by atoms with E-state index in [1.165, 1.54) is 32.9 Å². The Morgan fingerprint density at radius 2 is 1.51 bits per heavy atom. The van der Waals surface area contributed by atoms with Crippen molar-refractivity contribution in [2.24, 2.45) is 0 Å². The number of aromatic nitrogens is 1. The van der Waals surface area contributed by atoms with Gasteiger partial charge in [-0.05, 0) is 63.1 Å². The molecule has 1 aromatic heterocycles. The third kappa shape index (κ3) is 10.0. The molecule has 0 aliphatic carbocycles. The van der Waals surface area contributed by atoms with Crippen LogP contribution >= 0.6 is 0 Å². The van der Waals surface area contributed by atoms with Crippen molar-refractivity contribution in [3.8, 4) is 16.9 Å². The number of carbonyl (C=O) groups is 3. The number of nitrogens with one attached hydrogen (secondary N) is 2. The van der Waals surface area contributed by atoms with Gasteiger partial charge in [-0.25, -0.2) is 4.79 Å². The maximum Gasteiger partial charge on any atom is 0.422 e. The fourth-order valence-electron chi connectivity index (χ4n) is 3.74. The first-order valence-corrected chi connectivity index (χ1v) is 12.6. The quantitative estimate of drug-likeness (QED) is 0.155. The molecule has 3 rings (SSSR count). The second-order valence-corrected chi connectivity index (χ2v) is 10.3. The van der Waals surface area contributed by atoms with Gasteiger partial charge in [-0.3, -0.25) is 19.9 Å². The molecule has 0 saturated heterocycles. The molecule has 43 heavy (non-hydrogen) atoms. The Morgan fingerprint density at radius 1 is 0.860 bits per heavy atom. The second kappa shape index (κ2) is 12.7. The van der Waals surface area contributed by atoms with Crippen molar-refractivity contribution in [3.63, 3.8) is 0 Å². The summed E-state index contributed by atoms with van der Waals surface area (Å²) in [5.74, 6) is -2.99. The first kappa shape index (κ1) is 32.9. The molecule has 14 heteroatoms. The number of benzene rings is 2. The molecule has 1 heterocycles. The fourth-order valence-corrected chi connectivity index (χ4v) is 3.74.